The number of ether oxygens (including phenoxy) is 1. The van der Waals surface area contributed by atoms with E-state index in [0.717, 1.165) is 57.8 Å². The van der Waals surface area contributed by atoms with Crippen molar-refractivity contribution in [1.29, 1.82) is 0 Å². The van der Waals surface area contributed by atoms with E-state index in [9.17, 15) is 19.8 Å². The lowest BCUT2D eigenvalue weighted by molar-refractivity contribution is -0.143. The van der Waals surface area contributed by atoms with Crippen molar-refractivity contribution < 1.29 is 24.5 Å². The van der Waals surface area contributed by atoms with Crippen molar-refractivity contribution in [2.24, 2.45) is 0 Å². The molecule has 0 spiro atoms. The zero-order chi connectivity index (χ0) is 40.1. The Bertz CT molecular complexity index is 817. The Morgan fingerprint density at radius 3 is 1.24 bits per heavy atom. The van der Waals surface area contributed by atoms with Gasteiger partial charge in [0.2, 0.25) is 5.91 Å². The zero-order valence-electron chi connectivity index (χ0n) is 36.9. The molecule has 0 saturated heterocycles. The molecule has 2 atom stereocenters. The molecule has 6 nitrogen and oxygen atoms in total. The Balaban J connectivity index is 3.47. The molecule has 55 heavy (non-hydrogen) atoms. The van der Waals surface area contributed by atoms with Crippen molar-refractivity contribution >= 4 is 11.9 Å². The Labute approximate surface area is 342 Å². The van der Waals surface area contributed by atoms with E-state index in [4.69, 9.17) is 4.74 Å². The van der Waals surface area contributed by atoms with Gasteiger partial charge < -0.3 is 20.3 Å². The maximum Gasteiger partial charge on any atom is 0.305 e. The van der Waals surface area contributed by atoms with Crippen LogP contribution in [0.5, 0.6) is 0 Å². The number of hydrogen-bond acceptors (Lipinski definition) is 5. The first-order chi connectivity index (χ1) is 27.0. The van der Waals surface area contributed by atoms with Gasteiger partial charge in [-0.1, -0.05) is 231 Å². The number of carbonyl (C=O) groups is 2. The second-order valence-electron chi connectivity index (χ2n) is 16.8. The molecule has 0 bridgehead atoms. The third-order valence-electron chi connectivity index (χ3n) is 11.3. The predicted octanol–water partition coefficient (Wildman–Crippen LogP) is 14.2. The standard InChI is InChI=1S/C49H95NO5/c1-3-5-7-9-11-13-15-16-17-18-19-20-21-23-27-31-35-39-43-49(54)55-44-40-36-32-28-24-26-30-34-38-42-48(53)50-46(45-51)47(52)41-37-33-29-25-22-14-12-10-8-6-4-2/h37,41,46-47,51-52H,3-36,38-40,42-45H2,1-2H3,(H,50,53)/b41-37+. The highest BCUT2D eigenvalue weighted by Crippen LogP contribution is 2.16. The number of nitrogens with one attached hydrogen (secondary N) is 1. The first-order valence-electron chi connectivity index (χ1n) is 24.5. The number of aliphatic hydroxyl groups is 2. The molecule has 0 aliphatic heterocycles. The van der Waals surface area contributed by atoms with Gasteiger partial charge in [-0.05, 0) is 32.1 Å². The largest absolute Gasteiger partial charge is 0.466 e. The SMILES string of the molecule is CCCCCCCCCCC/C=C/C(O)C(CO)NC(=O)CCCCCCCCCCCOC(=O)CCCCCCCCCCCCCCCCCCCC. The molecule has 3 N–H and O–H groups in total. The molecule has 0 aromatic carbocycles. The van der Waals surface area contributed by atoms with Crippen LogP contribution >= 0.6 is 0 Å². The third-order valence-corrected chi connectivity index (χ3v) is 11.3. The summed E-state index contributed by atoms with van der Waals surface area (Å²) >= 11 is 0. The summed E-state index contributed by atoms with van der Waals surface area (Å²) in [5.41, 5.74) is 0. The molecule has 0 aliphatic carbocycles. The number of hydrogen-bond donors (Lipinski definition) is 3. The lowest BCUT2D eigenvalue weighted by atomic mass is 10.0. The molecule has 326 valence electrons. The van der Waals surface area contributed by atoms with Gasteiger partial charge in [-0.25, -0.2) is 0 Å². The quantitative estimate of drug-likeness (QED) is 0.0325. The molecule has 0 saturated carbocycles. The predicted molar refractivity (Wildman–Crippen MR) is 237 cm³/mol. The highest BCUT2D eigenvalue weighted by Gasteiger charge is 2.18. The summed E-state index contributed by atoms with van der Waals surface area (Å²) in [5.74, 6) is -0.119. The van der Waals surface area contributed by atoms with Crippen molar-refractivity contribution in [1.82, 2.24) is 5.32 Å². The van der Waals surface area contributed by atoms with Crippen molar-refractivity contribution in [2.75, 3.05) is 13.2 Å². The fraction of sp³-hybridized carbons (Fsp3) is 0.918. The van der Waals surface area contributed by atoms with E-state index in [1.165, 1.54) is 180 Å². The summed E-state index contributed by atoms with van der Waals surface area (Å²) in [7, 11) is 0. The maximum atomic E-state index is 12.4. The smallest absolute Gasteiger partial charge is 0.305 e. The van der Waals surface area contributed by atoms with Crippen molar-refractivity contribution in [3.8, 4) is 0 Å². The zero-order valence-corrected chi connectivity index (χ0v) is 36.9. The Kier molecular flexibility index (Phi) is 44.2. The molecular weight excluding hydrogens is 683 g/mol. The van der Waals surface area contributed by atoms with Gasteiger partial charge in [0.25, 0.3) is 0 Å². The summed E-state index contributed by atoms with van der Waals surface area (Å²) in [4.78, 5) is 24.4. The normalized spacial score (nSPS) is 12.7. The molecular formula is C49H95NO5. The Hall–Kier alpha value is -1.40. The van der Waals surface area contributed by atoms with E-state index in [1.807, 2.05) is 6.08 Å². The number of rotatable bonds is 45. The van der Waals surface area contributed by atoms with E-state index < -0.39 is 12.1 Å². The Morgan fingerprint density at radius 2 is 0.836 bits per heavy atom. The van der Waals surface area contributed by atoms with Gasteiger partial charge in [-0.3, -0.25) is 9.59 Å². The van der Waals surface area contributed by atoms with Gasteiger partial charge in [-0.2, -0.15) is 0 Å². The second kappa shape index (κ2) is 45.3. The van der Waals surface area contributed by atoms with Gasteiger partial charge in [0.05, 0.1) is 25.4 Å². The molecule has 0 heterocycles. The number of unbranched alkanes of at least 4 members (excludes halogenated alkanes) is 34. The van der Waals surface area contributed by atoms with Gasteiger partial charge in [-0.15, -0.1) is 0 Å². The van der Waals surface area contributed by atoms with E-state index >= 15 is 0 Å². The van der Waals surface area contributed by atoms with Gasteiger partial charge in [0.1, 0.15) is 0 Å². The topological polar surface area (TPSA) is 95.9 Å². The molecule has 0 aliphatic rings. The lowest BCUT2D eigenvalue weighted by Gasteiger charge is -2.20. The van der Waals surface area contributed by atoms with Crippen molar-refractivity contribution in [2.45, 2.75) is 276 Å². The first kappa shape index (κ1) is 53.6. The van der Waals surface area contributed by atoms with Crippen LogP contribution in [0.1, 0.15) is 264 Å². The van der Waals surface area contributed by atoms with Crippen LogP contribution in [0.25, 0.3) is 0 Å². The van der Waals surface area contributed by atoms with E-state index in [-0.39, 0.29) is 18.5 Å². The highest BCUT2D eigenvalue weighted by atomic mass is 16.5. The summed E-state index contributed by atoms with van der Waals surface area (Å²) in [6, 6.07) is -0.645. The summed E-state index contributed by atoms with van der Waals surface area (Å²) in [6.45, 7) is 4.83. The summed E-state index contributed by atoms with van der Waals surface area (Å²) in [6.07, 6.45) is 50.6. The molecule has 0 radical (unpaired) electrons. The van der Waals surface area contributed by atoms with Crippen LogP contribution in [0.3, 0.4) is 0 Å². The fourth-order valence-corrected chi connectivity index (χ4v) is 7.51. The number of carbonyl (C=O) groups excluding carboxylic acids is 2. The average molecular weight is 778 g/mol. The van der Waals surface area contributed by atoms with Gasteiger partial charge in [0, 0.05) is 12.8 Å². The van der Waals surface area contributed by atoms with E-state index in [1.54, 1.807) is 6.08 Å². The van der Waals surface area contributed by atoms with Gasteiger partial charge in [0.15, 0.2) is 0 Å². The molecule has 6 heteroatoms. The number of aliphatic hydroxyl groups excluding tert-OH is 2. The second-order valence-corrected chi connectivity index (χ2v) is 16.8. The summed E-state index contributed by atoms with van der Waals surface area (Å²) in [5, 5.41) is 22.9. The molecule has 0 fully saturated rings. The minimum Gasteiger partial charge on any atom is -0.466 e. The fourth-order valence-electron chi connectivity index (χ4n) is 7.51. The minimum atomic E-state index is -0.858. The maximum absolute atomic E-state index is 12.4. The van der Waals surface area contributed by atoms with Gasteiger partial charge >= 0.3 is 5.97 Å². The highest BCUT2D eigenvalue weighted by molar-refractivity contribution is 5.76. The molecule has 1 amide bonds. The van der Waals surface area contributed by atoms with E-state index in [2.05, 4.69) is 19.2 Å². The molecule has 2 unspecified atom stereocenters. The third kappa shape index (κ3) is 42.0. The number of esters is 1. The van der Waals surface area contributed by atoms with Crippen LogP contribution < -0.4 is 5.32 Å². The van der Waals surface area contributed by atoms with Crippen molar-refractivity contribution in [3.63, 3.8) is 0 Å². The van der Waals surface area contributed by atoms with Crippen LogP contribution in [0, 0.1) is 0 Å². The molecule has 0 aromatic heterocycles. The van der Waals surface area contributed by atoms with Crippen molar-refractivity contribution in [3.05, 3.63) is 12.2 Å². The monoisotopic (exact) mass is 778 g/mol. The minimum absolute atomic E-state index is 0.0235. The van der Waals surface area contributed by atoms with Crippen LogP contribution in [0.4, 0.5) is 0 Å². The van der Waals surface area contributed by atoms with Crippen LogP contribution in [0.2, 0.25) is 0 Å². The van der Waals surface area contributed by atoms with Crippen LogP contribution in [0.15, 0.2) is 12.2 Å². The average Bonchev–Trinajstić information content (AvgIpc) is 3.18. The molecule has 0 aromatic rings. The lowest BCUT2D eigenvalue weighted by Crippen LogP contribution is -2.45. The Morgan fingerprint density at radius 1 is 0.491 bits per heavy atom. The van der Waals surface area contributed by atoms with Crippen LogP contribution in [-0.4, -0.2) is 47.4 Å². The first-order valence-corrected chi connectivity index (χ1v) is 24.5. The van der Waals surface area contributed by atoms with Crippen LogP contribution in [-0.2, 0) is 14.3 Å². The van der Waals surface area contributed by atoms with E-state index in [0.29, 0.717) is 19.4 Å². The number of amides is 1. The summed E-state index contributed by atoms with van der Waals surface area (Å²) < 4.78 is 5.46. The number of allylic oxidation sites excluding steroid dienone is 1. The molecule has 0 rings (SSSR count).